The fourth-order valence-electron chi connectivity index (χ4n) is 3.88. The van der Waals surface area contributed by atoms with Gasteiger partial charge >= 0.3 is 0 Å². The van der Waals surface area contributed by atoms with Crippen LogP contribution in [0.3, 0.4) is 0 Å². The first-order valence-corrected chi connectivity index (χ1v) is 11.0. The molecule has 0 unspecified atom stereocenters. The maximum atomic E-state index is 5.59. The van der Waals surface area contributed by atoms with E-state index in [4.69, 9.17) is 14.5 Å². The number of hydrogen-bond donors (Lipinski definition) is 2. The van der Waals surface area contributed by atoms with Crippen molar-refractivity contribution < 1.29 is 9.47 Å². The lowest BCUT2D eigenvalue weighted by Crippen LogP contribution is -2.03. The molecule has 0 radical (unpaired) electrons. The van der Waals surface area contributed by atoms with E-state index in [1.54, 1.807) is 14.2 Å². The SMILES string of the molecule is COc1ccccc1NCC=Cc1c(C)nc2c(OC)cccc2c1Nc1ccccc1C. The van der Waals surface area contributed by atoms with Gasteiger partial charge in [-0.05, 0) is 43.7 Å². The van der Waals surface area contributed by atoms with E-state index in [-0.39, 0.29) is 0 Å². The first-order chi connectivity index (χ1) is 16.1. The zero-order chi connectivity index (χ0) is 23.2. The number of para-hydroxylation sites is 4. The van der Waals surface area contributed by atoms with Crippen LogP contribution in [0.1, 0.15) is 16.8 Å². The Labute approximate surface area is 195 Å². The van der Waals surface area contributed by atoms with Crippen molar-refractivity contribution in [3.8, 4) is 11.5 Å². The summed E-state index contributed by atoms with van der Waals surface area (Å²) in [6.07, 6.45) is 4.22. The van der Waals surface area contributed by atoms with Crippen LogP contribution in [0, 0.1) is 13.8 Å². The molecule has 0 atom stereocenters. The topological polar surface area (TPSA) is 55.4 Å². The third-order valence-corrected chi connectivity index (χ3v) is 5.63. The lowest BCUT2D eigenvalue weighted by Gasteiger charge is -2.18. The van der Waals surface area contributed by atoms with Gasteiger partial charge in [-0.2, -0.15) is 0 Å². The molecule has 4 aromatic rings. The van der Waals surface area contributed by atoms with Crippen LogP contribution in [0.4, 0.5) is 17.1 Å². The van der Waals surface area contributed by atoms with Gasteiger partial charge < -0.3 is 20.1 Å². The standard InChI is InChI=1S/C28H29N3O2/c1-19-11-5-6-14-23(19)31-27-21(13-10-18-29-24-15-7-8-16-25(24)32-3)20(2)30-28-22(27)12-9-17-26(28)33-4/h5-17,29H,18H2,1-4H3,(H,30,31). The molecule has 0 bridgehead atoms. The van der Waals surface area contributed by atoms with Crippen LogP contribution in [-0.4, -0.2) is 25.7 Å². The summed E-state index contributed by atoms with van der Waals surface area (Å²) in [5, 5.41) is 8.09. The van der Waals surface area contributed by atoms with E-state index in [0.717, 1.165) is 50.7 Å². The van der Waals surface area contributed by atoms with Crippen molar-refractivity contribution >= 4 is 34.0 Å². The number of nitrogens with zero attached hydrogens (tertiary/aromatic N) is 1. The summed E-state index contributed by atoms with van der Waals surface area (Å²) in [4.78, 5) is 4.88. The molecule has 0 aliphatic heterocycles. The summed E-state index contributed by atoms with van der Waals surface area (Å²) in [5.74, 6) is 1.58. The molecule has 1 aromatic heterocycles. The number of benzene rings is 3. The van der Waals surface area contributed by atoms with Crippen LogP contribution >= 0.6 is 0 Å². The van der Waals surface area contributed by atoms with Crippen molar-refractivity contribution in [2.75, 3.05) is 31.4 Å². The van der Waals surface area contributed by atoms with Crippen LogP contribution in [0.5, 0.6) is 11.5 Å². The second-order valence-corrected chi connectivity index (χ2v) is 7.77. The van der Waals surface area contributed by atoms with Gasteiger partial charge in [0.15, 0.2) is 0 Å². The minimum absolute atomic E-state index is 0.653. The fourth-order valence-corrected chi connectivity index (χ4v) is 3.88. The van der Waals surface area contributed by atoms with Crippen molar-refractivity contribution in [3.63, 3.8) is 0 Å². The number of methoxy groups -OCH3 is 2. The monoisotopic (exact) mass is 439 g/mol. The van der Waals surface area contributed by atoms with Gasteiger partial charge in [0.25, 0.3) is 0 Å². The molecule has 3 aromatic carbocycles. The maximum absolute atomic E-state index is 5.59. The van der Waals surface area contributed by atoms with Gasteiger partial charge in [0.05, 0.1) is 25.6 Å². The first-order valence-electron chi connectivity index (χ1n) is 11.0. The Morgan fingerprint density at radius 3 is 2.27 bits per heavy atom. The molecule has 1 heterocycles. The van der Waals surface area contributed by atoms with E-state index >= 15 is 0 Å². The van der Waals surface area contributed by atoms with Crippen LogP contribution in [0.2, 0.25) is 0 Å². The molecule has 33 heavy (non-hydrogen) atoms. The third-order valence-electron chi connectivity index (χ3n) is 5.63. The second-order valence-electron chi connectivity index (χ2n) is 7.77. The van der Waals surface area contributed by atoms with Crippen LogP contribution in [-0.2, 0) is 0 Å². The molecular formula is C28H29N3O2. The van der Waals surface area contributed by atoms with E-state index in [2.05, 4.69) is 47.9 Å². The number of pyridine rings is 1. The summed E-state index contributed by atoms with van der Waals surface area (Å²) in [6, 6.07) is 22.2. The quantitative estimate of drug-likeness (QED) is 0.318. The smallest absolute Gasteiger partial charge is 0.145 e. The molecule has 0 fully saturated rings. The summed E-state index contributed by atoms with van der Waals surface area (Å²) in [7, 11) is 3.36. The highest BCUT2D eigenvalue weighted by Crippen LogP contribution is 2.36. The molecule has 0 aliphatic carbocycles. The van der Waals surface area contributed by atoms with Gasteiger partial charge in [-0.1, -0.05) is 54.6 Å². The van der Waals surface area contributed by atoms with Gasteiger partial charge in [-0.25, -0.2) is 4.98 Å². The first kappa shape index (κ1) is 22.2. The predicted octanol–water partition coefficient (Wildman–Crippen LogP) is 6.74. The Morgan fingerprint density at radius 1 is 0.818 bits per heavy atom. The summed E-state index contributed by atoms with van der Waals surface area (Å²) in [5.41, 5.74) is 7.03. The van der Waals surface area contributed by atoms with Crippen molar-refractivity contribution in [1.82, 2.24) is 4.98 Å². The van der Waals surface area contributed by atoms with Crippen molar-refractivity contribution in [2.45, 2.75) is 13.8 Å². The highest BCUT2D eigenvalue weighted by molar-refractivity contribution is 6.00. The Morgan fingerprint density at radius 2 is 1.52 bits per heavy atom. The molecule has 5 nitrogen and oxygen atoms in total. The number of rotatable bonds is 8. The molecule has 5 heteroatoms. The minimum Gasteiger partial charge on any atom is -0.495 e. The average Bonchev–Trinajstić information content (AvgIpc) is 2.84. The highest BCUT2D eigenvalue weighted by atomic mass is 16.5. The van der Waals surface area contributed by atoms with Crippen molar-refractivity contribution in [1.29, 1.82) is 0 Å². The molecule has 168 valence electrons. The Hall–Kier alpha value is -3.99. The predicted molar refractivity (Wildman–Crippen MR) is 138 cm³/mol. The zero-order valence-electron chi connectivity index (χ0n) is 19.5. The lowest BCUT2D eigenvalue weighted by atomic mass is 10.0. The maximum Gasteiger partial charge on any atom is 0.145 e. The Bertz CT molecular complexity index is 1300. The van der Waals surface area contributed by atoms with Crippen molar-refractivity contribution in [2.24, 2.45) is 0 Å². The largest absolute Gasteiger partial charge is 0.495 e. The summed E-state index contributed by atoms with van der Waals surface area (Å²) < 4.78 is 11.0. The number of ether oxygens (including phenoxy) is 2. The Balaban J connectivity index is 1.72. The number of hydrogen-bond acceptors (Lipinski definition) is 5. The normalized spacial score (nSPS) is 11.0. The molecular weight excluding hydrogens is 410 g/mol. The molecule has 0 amide bonds. The molecule has 0 saturated carbocycles. The van der Waals surface area contributed by atoms with E-state index in [0.29, 0.717) is 6.54 Å². The van der Waals surface area contributed by atoms with Crippen molar-refractivity contribution in [3.05, 3.63) is 89.6 Å². The highest BCUT2D eigenvalue weighted by Gasteiger charge is 2.14. The number of aryl methyl sites for hydroxylation is 2. The number of anilines is 3. The van der Waals surface area contributed by atoms with Gasteiger partial charge in [-0.3, -0.25) is 0 Å². The molecule has 2 N–H and O–H groups in total. The van der Waals surface area contributed by atoms with Crippen LogP contribution in [0.25, 0.3) is 17.0 Å². The molecule has 4 rings (SSSR count). The number of fused-ring (bicyclic) bond motifs is 1. The number of nitrogens with one attached hydrogen (secondary N) is 2. The van der Waals surface area contributed by atoms with E-state index in [1.165, 1.54) is 5.56 Å². The average molecular weight is 440 g/mol. The Kier molecular flexibility index (Phi) is 6.79. The van der Waals surface area contributed by atoms with E-state index in [9.17, 15) is 0 Å². The minimum atomic E-state index is 0.653. The molecule has 0 aliphatic rings. The van der Waals surface area contributed by atoms with Gasteiger partial charge in [-0.15, -0.1) is 0 Å². The van der Waals surface area contributed by atoms with Crippen LogP contribution in [0.15, 0.2) is 72.8 Å². The third kappa shape index (κ3) is 4.77. The summed E-state index contributed by atoms with van der Waals surface area (Å²) >= 11 is 0. The number of aromatic nitrogens is 1. The van der Waals surface area contributed by atoms with E-state index in [1.807, 2.05) is 55.5 Å². The van der Waals surface area contributed by atoms with E-state index < -0.39 is 0 Å². The zero-order valence-corrected chi connectivity index (χ0v) is 19.5. The van der Waals surface area contributed by atoms with Gasteiger partial charge in [0.1, 0.15) is 17.0 Å². The second kappa shape index (κ2) is 10.1. The molecule has 0 spiro atoms. The lowest BCUT2D eigenvalue weighted by molar-refractivity contribution is 0.416. The molecule has 0 saturated heterocycles. The van der Waals surface area contributed by atoms with Gasteiger partial charge in [0.2, 0.25) is 0 Å². The van der Waals surface area contributed by atoms with Gasteiger partial charge in [0, 0.05) is 28.9 Å². The van der Waals surface area contributed by atoms with Crippen LogP contribution < -0.4 is 20.1 Å². The summed E-state index contributed by atoms with van der Waals surface area (Å²) in [6.45, 7) is 4.79. The fraction of sp³-hybridized carbons (Fsp3) is 0.179.